The van der Waals surface area contributed by atoms with E-state index in [1.165, 1.54) is 11.1 Å². The molecule has 4 aromatic rings. The van der Waals surface area contributed by atoms with E-state index in [0.29, 0.717) is 17.3 Å². The predicted molar refractivity (Wildman–Crippen MR) is 119 cm³/mol. The Morgan fingerprint density at radius 3 is 2.60 bits per heavy atom. The summed E-state index contributed by atoms with van der Waals surface area (Å²) in [6, 6.07) is 12.0. The van der Waals surface area contributed by atoms with Gasteiger partial charge in [0.05, 0.1) is 25.6 Å². The third-order valence-corrected chi connectivity index (χ3v) is 6.60. The van der Waals surface area contributed by atoms with Gasteiger partial charge in [0.2, 0.25) is 5.16 Å². The molecule has 0 aliphatic heterocycles. The number of tetrazole rings is 1. The molecule has 9 heteroatoms. The molecule has 7 nitrogen and oxygen atoms in total. The number of nitrogens with zero attached hydrogens (tertiary/aromatic N) is 5. The summed E-state index contributed by atoms with van der Waals surface area (Å²) in [5, 5.41) is 15.9. The SMILES string of the molecule is COc1ccc(-c2nc(CSc3nnnn3-c3ccc(C)c(C)c3)cs2)cc1OC. The number of thiazole rings is 1. The molecule has 0 fully saturated rings. The zero-order valence-corrected chi connectivity index (χ0v) is 18.8. The van der Waals surface area contributed by atoms with E-state index in [2.05, 4.69) is 46.9 Å². The van der Waals surface area contributed by atoms with Crippen LogP contribution in [0, 0.1) is 13.8 Å². The number of hydrogen-bond donors (Lipinski definition) is 0. The van der Waals surface area contributed by atoms with Crippen molar-refractivity contribution in [3.63, 3.8) is 0 Å². The van der Waals surface area contributed by atoms with Gasteiger partial charge in [-0.25, -0.2) is 4.98 Å². The molecule has 2 aromatic carbocycles. The standard InChI is InChI=1S/C21H21N5O2S2/c1-13-5-7-17(9-14(13)2)26-21(23-24-25-26)30-12-16-11-29-20(22-16)15-6-8-18(27-3)19(10-15)28-4/h5-11H,12H2,1-4H3. The average Bonchev–Trinajstić information content (AvgIpc) is 3.43. The van der Waals surface area contributed by atoms with Gasteiger partial charge in [0.1, 0.15) is 5.01 Å². The van der Waals surface area contributed by atoms with E-state index in [9.17, 15) is 0 Å². The third kappa shape index (κ3) is 4.17. The highest BCUT2D eigenvalue weighted by atomic mass is 32.2. The molecule has 0 saturated heterocycles. The lowest BCUT2D eigenvalue weighted by molar-refractivity contribution is 0.355. The lowest BCUT2D eigenvalue weighted by atomic mass is 10.1. The maximum Gasteiger partial charge on any atom is 0.214 e. The van der Waals surface area contributed by atoms with Crippen molar-refractivity contribution in [1.29, 1.82) is 0 Å². The summed E-state index contributed by atoms with van der Waals surface area (Å²) in [5.74, 6) is 2.06. The minimum absolute atomic E-state index is 0.676. The summed E-state index contributed by atoms with van der Waals surface area (Å²) < 4.78 is 12.5. The lowest BCUT2D eigenvalue weighted by Crippen LogP contribution is -2.00. The summed E-state index contributed by atoms with van der Waals surface area (Å²) in [7, 11) is 3.26. The largest absolute Gasteiger partial charge is 0.493 e. The monoisotopic (exact) mass is 439 g/mol. The van der Waals surface area contributed by atoms with Gasteiger partial charge in [0.25, 0.3) is 0 Å². The van der Waals surface area contributed by atoms with Gasteiger partial charge in [-0.1, -0.05) is 17.8 Å². The van der Waals surface area contributed by atoms with Crippen molar-refractivity contribution < 1.29 is 9.47 Å². The van der Waals surface area contributed by atoms with Crippen molar-refractivity contribution in [2.75, 3.05) is 14.2 Å². The second kappa shape index (κ2) is 8.85. The number of ether oxygens (including phenoxy) is 2. The van der Waals surface area contributed by atoms with Gasteiger partial charge in [0.15, 0.2) is 11.5 Å². The maximum absolute atomic E-state index is 5.40. The van der Waals surface area contributed by atoms with E-state index in [4.69, 9.17) is 14.5 Å². The summed E-state index contributed by atoms with van der Waals surface area (Å²) in [5.41, 5.74) is 5.37. The molecular formula is C21H21N5O2S2. The van der Waals surface area contributed by atoms with Crippen LogP contribution in [-0.2, 0) is 5.75 Å². The fourth-order valence-corrected chi connectivity index (χ4v) is 4.61. The zero-order valence-electron chi connectivity index (χ0n) is 17.1. The van der Waals surface area contributed by atoms with Gasteiger partial charge in [-0.2, -0.15) is 4.68 Å². The first-order valence-corrected chi connectivity index (χ1v) is 11.1. The van der Waals surface area contributed by atoms with Gasteiger partial charge in [0, 0.05) is 16.7 Å². The Balaban J connectivity index is 1.50. The van der Waals surface area contributed by atoms with Crippen LogP contribution in [0.15, 0.2) is 46.9 Å². The molecule has 0 atom stereocenters. The molecule has 0 amide bonds. The van der Waals surface area contributed by atoms with Crippen molar-refractivity contribution >= 4 is 23.1 Å². The molecule has 30 heavy (non-hydrogen) atoms. The Morgan fingerprint density at radius 1 is 1.00 bits per heavy atom. The summed E-state index contributed by atoms with van der Waals surface area (Å²) in [6.45, 7) is 4.17. The number of aryl methyl sites for hydroxylation is 2. The molecule has 0 spiro atoms. The highest BCUT2D eigenvalue weighted by Crippen LogP contribution is 2.34. The van der Waals surface area contributed by atoms with Gasteiger partial charge >= 0.3 is 0 Å². The highest BCUT2D eigenvalue weighted by Gasteiger charge is 2.13. The number of thioether (sulfide) groups is 1. The highest BCUT2D eigenvalue weighted by molar-refractivity contribution is 7.98. The number of aromatic nitrogens is 5. The van der Waals surface area contributed by atoms with Crippen LogP contribution >= 0.6 is 23.1 Å². The fourth-order valence-electron chi connectivity index (χ4n) is 2.90. The van der Waals surface area contributed by atoms with Crippen LogP contribution in [0.5, 0.6) is 11.5 Å². The van der Waals surface area contributed by atoms with Crippen LogP contribution in [0.25, 0.3) is 16.3 Å². The first-order chi connectivity index (χ1) is 14.6. The Bertz CT molecular complexity index is 1170. The van der Waals surface area contributed by atoms with Crippen molar-refractivity contribution in [1.82, 2.24) is 25.2 Å². The van der Waals surface area contributed by atoms with Gasteiger partial charge in [-0.3, -0.25) is 0 Å². The average molecular weight is 440 g/mol. The minimum atomic E-state index is 0.676. The van der Waals surface area contributed by atoms with Crippen molar-refractivity contribution in [3.8, 4) is 27.8 Å². The normalized spacial score (nSPS) is 10.9. The molecule has 2 heterocycles. The lowest BCUT2D eigenvalue weighted by Gasteiger charge is -2.08. The van der Waals surface area contributed by atoms with E-state index in [1.54, 1.807) is 42.0 Å². The Hall–Kier alpha value is -2.91. The van der Waals surface area contributed by atoms with Crippen LogP contribution in [0.2, 0.25) is 0 Å². The molecule has 0 unspecified atom stereocenters. The van der Waals surface area contributed by atoms with Crippen molar-refractivity contribution in [3.05, 3.63) is 58.6 Å². The minimum Gasteiger partial charge on any atom is -0.493 e. The molecule has 0 bridgehead atoms. The van der Waals surface area contributed by atoms with E-state index in [0.717, 1.165) is 27.1 Å². The van der Waals surface area contributed by atoms with Crippen LogP contribution in [0.4, 0.5) is 0 Å². The van der Waals surface area contributed by atoms with Crippen LogP contribution in [-0.4, -0.2) is 39.4 Å². The topological polar surface area (TPSA) is 75.0 Å². The molecule has 0 N–H and O–H groups in total. The zero-order chi connectivity index (χ0) is 21.1. The van der Waals surface area contributed by atoms with Gasteiger partial charge in [-0.05, 0) is 65.7 Å². The quantitative estimate of drug-likeness (QED) is 0.386. The second-order valence-electron chi connectivity index (χ2n) is 6.64. The molecule has 154 valence electrons. The Kier molecular flexibility index (Phi) is 6.01. The molecule has 2 aromatic heterocycles. The van der Waals surface area contributed by atoms with Crippen molar-refractivity contribution in [2.45, 2.75) is 24.8 Å². The van der Waals surface area contributed by atoms with E-state index in [1.807, 2.05) is 24.3 Å². The number of methoxy groups -OCH3 is 2. The summed E-state index contributed by atoms with van der Waals surface area (Å²) in [4.78, 5) is 4.76. The number of benzene rings is 2. The van der Waals surface area contributed by atoms with E-state index < -0.39 is 0 Å². The molecule has 0 aliphatic rings. The van der Waals surface area contributed by atoms with Gasteiger partial charge in [-0.15, -0.1) is 16.4 Å². The fraction of sp³-hybridized carbons (Fsp3) is 0.238. The van der Waals surface area contributed by atoms with E-state index >= 15 is 0 Å². The van der Waals surface area contributed by atoms with Crippen molar-refractivity contribution in [2.24, 2.45) is 0 Å². The molecule has 0 saturated carbocycles. The number of hydrogen-bond acceptors (Lipinski definition) is 8. The Labute approximate surface area is 183 Å². The molecular weight excluding hydrogens is 418 g/mol. The third-order valence-electron chi connectivity index (χ3n) is 4.71. The van der Waals surface area contributed by atoms with Crippen LogP contribution in [0.1, 0.15) is 16.8 Å². The van der Waals surface area contributed by atoms with E-state index in [-0.39, 0.29) is 0 Å². The van der Waals surface area contributed by atoms with Crippen LogP contribution < -0.4 is 9.47 Å². The first-order valence-electron chi connectivity index (χ1n) is 9.24. The smallest absolute Gasteiger partial charge is 0.214 e. The molecule has 0 radical (unpaired) electrons. The second-order valence-corrected chi connectivity index (χ2v) is 8.44. The van der Waals surface area contributed by atoms with Crippen LogP contribution in [0.3, 0.4) is 0 Å². The molecule has 0 aliphatic carbocycles. The summed E-state index contributed by atoms with van der Waals surface area (Å²) >= 11 is 3.16. The molecule has 4 rings (SSSR count). The first kappa shape index (κ1) is 20.4. The van der Waals surface area contributed by atoms with Gasteiger partial charge < -0.3 is 9.47 Å². The Morgan fingerprint density at radius 2 is 1.83 bits per heavy atom. The summed E-state index contributed by atoms with van der Waals surface area (Å²) in [6.07, 6.45) is 0. The number of rotatable bonds is 7. The predicted octanol–water partition coefficient (Wildman–Crippen LogP) is 4.71. The maximum atomic E-state index is 5.40.